The third-order valence-electron chi connectivity index (χ3n) is 3.00. The van der Waals surface area contributed by atoms with Crippen LogP contribution in [-0.4, -0.2) is 35.9 Å². The van der Waals surface area contributed by atoms with E-state index in [1.54, 1.807) is 26.2 Å². The molecule has 18 heavy (non-hydrogen) atoms. The number of rotatable bonds is 6. The van der Waals surface area contributed by atoms with Crippen molar-refractivity contribution >= 4 is 11.9 Å². The predicted molar refractivity (Wildman–Crippen MR) is 65.3 cm³/mol. The van der Waals surface area contributed by atoms with Gasteiger partial charge in [0.25, 0.3) is 0 Å². The monoisotopic (exact) mass is 254 g/mol. The fourth-order valence-corrected chi connectivity index (χ4v) is 2.01. The van der Waals surface area contributed by atoms with Crippen molar-refractivity contribution in [2.75, 3.05) is 13.7 Å². The molecule has 0 amide bonds. The molecule has 5 nitrogen and oxygen atoms in total. The molecule has 0 aromatic carbocycles. The summed E-state index contributed by atoms with van der Waals surface area (Å²) in [6.07, 6.45) is 4.60. The molecule has 0 aromatic rings. The fourth-order valence-electron chi connectivity index (χ4n) is 2.01. The molecule has 0 fully saturated rings. The Bertz CT molecular complexity index is 408. The van der Waals surface area contributed by atoms with Crippen LogP contribution in [0.1, 0.15) is 26.2 Å². The Hall–Kier alpha value is -1.62. The number of carbonyl (C=O) groups is 2. The van der Waals surface area contributed by atoms with Crippen molar-refractivity contribution in [1.82, 2.24) is 0 Å². The molecule has 0 aliphatic heterocycles. The standard InChI is InChI=1S/C13H18O5/c1-13(12(16)17)7-9(4-3-5-18-2)6-10(8-13)11(14)15/h6-7H,3-5,8H2,1-2H3,(H,14,15)(H,16,17). The lowest BCUT2D eigenvalue weighted by atomic mass is 9.77. The van der Waals surface area contributed by atoms with E-state index in [1.807, 2.05) is 0 Å². The van der Waals surface area contributed by atoms with Gasteiger partial charge in [-0.05, 0) is 32.3 Å². The lowest BCUT2D eigenvalue weighted by molar-refractivity contribution is -0.145. The van der Waals surface area contributed by atoms with Crippen LogP contribution < -0.4 is 0 Å². The average molecular weight is 254 g/mol. The Labute approximate surface area is 106 Å². The summed E-state index contributed by atoms with van der Waals surface area (Å²) in [5.41, 5.74) is -0.236. The topological polar surface area (TPSA) is 83.8 Å². The summed E-state index contributed by atoms with van der Waals surface area (Å²) < 4.78 is 4.93. The normalized spacial score (nSPS) is 23.2. The molecule has 1 aliphatic rings. The molecule has 1 unspecified atom stereocenters. The van der Waals surface area contributed by atoms with Crippen molar-refractivity contribution in [2.45, 2.75) is 26.2 Å². The van der Waals surface area contributed by atoms with E-state index in [-0.39, 0.29) is 12.0 Å². The third-order valence-corrected chi connectivity index (χ3v) is 3.00. The first kappa shape index (κ1) is 14.4. The molecule has 0 spiro atoms. The summed E-state index contributed by atoms with van der Waals surface area (Å²) in [6, 6.07) is 0. The highest BCUT2D eigenvalue weighted by Crippen LogP contribution is 2.35. The van der Waals surface area contributed by atoms with Gasteiger partial charge in [-0.3, -0.25) is 4.79 Å². The molecule has 0 aromatic heterocycles. The van der Waals surface area contributed by atoms with Crippen molar-refractivity contribution < 1.29 is 24.5 Å². The van der Waals surface area contributed by atoms with E-state index >= 15 is 0 Å². The Morgan fingerprint density at radius 3 is 2.61 bits per heavy atom. The quantitative estimate of drug-likeness (QED) is 0.707. The first-order valence-corrected chi connectivity index (χ1v) is 5.77. The summed E-state index contributed by atoms with van der Waals surface area (Å²) in [5.74, 6) is -2.06. The lowest BCUT2D eigenvalue weighted by Gasteiger charge is -2.26. The maximum atomic E-state index is 11.2. The zero-order chi connectivity index (χ0) is 13.8. The number of hydrogen-bond acceptors (Lipinski definition) is 3. The van der Waals surface area contributed by atoms with Crippen LogP contribution in [0.25, 0.3) is 0 Å². The summed E-state index contributed by atoms with van der Waals surface area (Å²) >= 11 is 0. The number of allylic oxidation sites excluding steroid dienone is 2. The maximum absolute atomic E-state index is 11.2. The minimum atomic E-state index is -1.13. The van der Waals surface area contributed by atoms with Crippen LogP contribution in [0.5, 0.6) is 0 Å². The molecule has 0 heterocycles. The Balaban J connectivity index is 2.92. The highest BCUT2D eigenvalue weighted by atomic mass is 16.5. The van der Waals surface area contributed by atoms with Crippen LogP contribution >= 0.6 is 0 Å². The highest BCUT2D eigenvalue weighted by Gasteiger charge is 2.36. The molecule has 2 N–H and O–H groups in total. The van der Waals surface area contributed by atoms with Crippen LogP contribution in [0.2, 0.25) is 0 Å². The first-order chi connectivity index (χ1) is 8.39. The minimum absolute atomic E-state index is 0.0193. The number of carboxylic acids is 2. The van der Waals surface area contributed by atoms with Gasteiger partial charge in [0.1, 0.15) is 0 Å². The molecule has 1 rings (SSSR count). The second kappa shape index (κ2) is 5.82. The number of ether oxygens (including phenoxy) is 1. The van der Waals surface area contributed by atoms with Crippen LogP contribution in [0.3, 0.4) is 0 Å². The number of carboxylic acid groups (broad SMARTS) is 2. The van der Waals surface area contributed by atoms with Crippen molar-refractivity contribution in [3.8, 4) is 0 Å². The maximum Gasteiger partial charge on any atom is 0.331 e. The van der Waals surface area contributed by atoms with Crippen LogP contribution in [0, 0.1) is 5.41 Å². The van der Waals surface area contributed by atoms with E-state index in [2.05, 4.69) is 0 Å². The van der Waals surface area contributed by atoms with Crippen LogP contribution in [-0.2, 0) is 14.3 Å². The van der Waals surface area contributed by atoms with Gasteiger partial charge < -0.3 is 14.9 Å². The summed E-state index contributed by atoms with van der Waals surface area (Å²) in [7, 11) is 1.59. The Morgan fingerprint density at radius 2 is 2.11 bits per heavy atom. The molecule has 100 valence electrons. The minimum Gasteiger partial charge on any atom is -0.481 e. The van der Waals surface area contributed by atoms with Crippen LogP contribution in [0.15, 0.2) is 23.3 Å². The van der Waals surface area contributed by atoms with Gasteiger partial charge in [-0.1, -0.05) is 11.6 Å². The van der Waals surface area contributed by atoms with Gasteiger partial charge in [0.05, 0.1) is 5.41 Å². The zero-order valence-electron chi connectivity index (χ0n) is 10.6. The number of hydrogen-bond donors (Lipinski definition) is 2. The highest BCUT2D eigenvalue weighted by molar-refractivity contribution is 5.90. The second-order valence-electron chi connectivity index (χ2n) is 4.69. The van der Waals surface area contributed by atoms with Crippen molar-refractivity contribution in [3.05, 3.63) is 23.3 Å². The van der Waals surface area contributed by atoms with E-state index in [9.17, 15) is 14.7 Å². The van der Waals surface area contributed by atoms with E-state index in [0.717, 1.165) is 12.0 Å². The molecule has 0 saturated heterocycles. The summed E-state index contributed by atoms with van der Waals surface area (Å²) in [6.45, 7) is 2.11. The smallest absolute Gasteiger partial charge is 0.331 e. The largest absolute Gasteiger partial charge is 0.481 e. The van der Waals surface area contributed by atoms with Crippen LogP contribution in [0.4, 0.5) is 0 Å². The molecule has 0 bridgehead atoms. The SMILES string of the molecule is COCCCC1=CC(C)(C(=O)O)CC(C(=O)O)=C1. The van der Waals surface area contributed by atoms with Gasteiger partial charge in [0.15, 0.2) is 0 Å². The average Bonchev–Trinajstić information content (AvgIpc) is 2.28. The third kappa shape index (κ3) is 3.43. The van der Waals surface area contributed by atoms with Crippen molar-refractivity contribution in [1.29, 1.82) is 0 Å². The summed E-state index contributed by atoms with van der Waals surface area (Å²) in [4.78, 5) is 22.3. The second-order valence-corrected chi connectivity index (χ2v) is 4.69. The molecule has 0 radical (unpaired) electrons. The van der Waals surface area contributed by atoms with E-state index in [1.165, 1.54) is 0 Å². The first-order valence-electron chi connectivity index (χ1n) is 5.77. The summed E-state index contributed by atoms with van der Waals surface area (Å²) in [5, 5.41) is 18.2. The van der Waals surface area contributed by atoms with E-state index in [4.69, 9.17) is 9.84 Å². The lowest BCUT2D eigenvalue weighted by Crippen LogP contribution is -2.29. The van der Waals surface area contributed by atoms with Gasteiger partial charge in [0, 0.05) is 19.3 Å². The van der Waals surface area contributed by atoms with Gasteiger partial charge in [-0.2, -0.15) is 0 Å². The van der Waals surface area contributed by atoms with Gasteiger partial charge in [-0.15, -0.1) is 0 Å². The van der Waals surface area contributed by atoms with Crippen molar-refractivity contribution in [3.63, 3.8) is 0 Å². The molecular formula is C13H18O5. The van der Waals surface area contributed by atoms with Crippen molar-refractivity contribution in [2.24, 2.45) is 5.41 Å². The fraction of sp³-hybridized carbons (Fsp3) is 0.538. The molecular weight excluding hydrogens is 236 g/mol. The number of aliphatic carboxylic acids is 2. The molecule has 1 atom stereocenters. The zero-order valence-corrected chi connectivity index (χ0v) is 10.6. The van der Waals surface area contributed by atoms with Gasteiger partial charge in [-0.25, -0.2) is 4.79 Å². The Morgan fingerprint density at radius 1 is 1.44 bits per heavy atom. The van der Waals surface area contributed by atoms with Gasteiger partial charge in [0.2, 0.25) is 0 Å². The molecule has 0 saturated carbocycles. The predicted octanol–water partition coefficient (Wildman–Crippen LogP) is 1.84. The Kier molecular flexibility index (Phi) is 4.67. The molecule has 5 heteroatoms. The number of methoxy groups -OCH3 is 1. The van der Waals surface area contributed by atoms with E-state index in [0.29, 0.717) is 13.0 Å². The molecule has 1 aliphatic carbocycles. The van der Waals surface area contributed by atoms with Gasteiger partial charge >= 0.3 is 11.9 Å². The van der Waals surface area contributed by atoms with E-state index < -0.39 is 17.4 Å².